The van der Waals surface area contributed by atoms with E-state index in [0.29, 0.717) is 0 Å². The Kier molecular flexibility index (Phi) is 13.8. The van der Waals surface area contributed by atoms with Gasteiger partial charge in [-0.1, -0.05) is 87.9 Å². The molecule has 15 heteroatoms. The molecular formula is C37H36Cl3NO11. The number of esters is 4. The molecule has 0 spiro atoms. The van der Waals surface area contributed by atoms with Gasteiger partial charge in [-0.3, -0.25) is 10.2 Å². The van der Waals surface area contributed by atoms with Gasteiger partial charge in [-0.05, 0) is 64.1 Å². The van der Waals surface area contributed by atoms with E-state index in [0.717, 1.165) is 16.7 Å². The van der Waals surface area contributed by atoms with Crippen LogP contribution in [0.2, 0.25) is 0 Å². The highest BCUT2D eigenvalue weighted by Gasteiger charge is 2.55. The molecule has 0 saturated carbocycles. The first-order valence-corrected chi connectivity index (χ1v) is 17.1. The fourth-order valence-corrected chi connectivity index (χ4v) is 4.99. The van der Waals surface area contributed by atoms with Crippen molar-refractivity contribution in [2.75, 3.05) is 6.61 Å². The summed E-state index contributed by atoms with van der Waals surface area (Å²) in [6, 6.07) is 19.0. The van der Waals surface area contributed by atoms with E-state index in [1.54, 1.807) is 36.4 Å². The zero-order valence-electron chi connectivity index (χ0n) is 28.6. The predicted octanol–water partition coefficient (Wildman–Crippen LogP) is 6.59. The highest BCUT2D eigenvalue weighted by molar-refractivity contribution is 6.76. The molecule has 1 saturated heterocycles. The molecule has 1 aliphatic rings. The molecule has 1 heterocycles. The van der Waals surface area contributed by atoms with Gasteiger partial charge in [0, 0.05) is 6.42 Å². The summed E-state index contributed by atoms with van der Waals surface area (Å²) in [6.07, 6.45) is -8.87. The molecule has 3 aromatic rings. The Morgan fingerprint density at radius 3 is 1.44 bits per heavy atom. The van der Waals surface area contributed by atoms with Crippen molar-refractivity contribution in [3.8, 4) is 0 Å². The average Bonchev–Trinajstić information content (AvgIpc) is 3.09. The van der Waals surface area contributed by atoms with Crippen LogP contribution in [0.4, 0.5) is 0 Å². The third-order valence-electron chi connectivity index (χ3n) is 7.76. The standard InChI is InChI=1S/C37H36Cl3NO11/c1-20-5-12-24(13-6-20)32(44)49-29-27(19-47-28(43)18-11-23(4)42)48-35(52-36(41)37(38,39)40)31(51-34(46)26-16-9-22(3)10-17-26)30(29)50-33(45)25-14-7-21(2)8-15-25/h5-10,12-17,27,29-31,35,41H,11,18-19H2,1-4H3/t27-,29-,30+,31-,35?/m1/s1. The summed E-state index contributed by atoms with van der Waals surface area (Å²) in [6.45, 7) is 6.13. The van der Waals surface area contributed by atoms with Crippen molar-refractivity contribution >= 4 is 70.4 Å². The number of carbonyl (C=O) groups excluding carboxylic acids is 5. The molecule has 1 unspecified atom stereocenters. The number of hydrogen-bond donors (Lipinski definition) is 1. The molecule has 5 atom stereocenters. The van der Waals surface area contributed by atoms with Crippen molar-refractivity contribution in [2.45, 2.75) is 75.0 Å². The van der Waals surface area contributed by atoms with Gasteiger partial charge in [-0.25, -0.2) is 14.4 Å². The van der Waals surface area contributed by atoms with Crippen molar-refractivity contribution in [1.29, 1.82) is 5.41 Å². The van der Waals surface area contributed by atoms with E-state index >= 15 is 0 Å². The Morgan fingerprint density at radius 2 is 1.04 bits per heavy atom. The highest BCUT2D eigenvalue weighted by atomic mass is 35.6. The number of aryl methyl sites for hydroxylation is 3. The van der Waals surface area contributed by atoms with Gasteiger partial charge in [0.1, 0.15) is 18.5 Å². The van der Waals surface area contributed by atoms with Crippen LogP contribution in [0.15, 0.2) is 72.8 Å². The van der Waals surface area contributed by atoms with E-state index in [4.69, 9.17) is 68.6 Å². The lowest BCUT2D eigenvalue weighted by molar-refractivity contribution is -0.280. The van der Waals surface area contributed by atoms with Crippen LogP contribution in [0.5, 0.6) is 0 Å². The number of Topliss-reactive ketones (excluding diaryl/α,β-unsaturated/α-hetero) is 1. The molecule has 0 bridgehead atoms. The number of ether oxygens (including phenoxy) is 6. The Bertz CT molecular complexity index is 1770. The zero-order chi connectivity index (χ0) is 38.2. The van der Waals surface area contributed by atoms with Crippen LogP contribution in [0.25, 0.3) is 0 Å². The third-order valence-corrected chi connectivity index (χ3v) is 8.28. The molecule has 12 nitrogen and oxygen atoms in total. The fourth-order valence-electron chi connectivity index (χ4n) is 4.86. The summed E-state index contributed by atoms with van der Waals surface area (Å²) in [5, 5.41) is 8.27. The largest absolute Gasteiger partial charge is 0.463 e. The highest BCUT2D eigenvalue weighted by Crippen LogP contribution is 2.35. The number of nitrogens with one attached hydrogen (secondary N) is 1. The van der Waals surface area contributed by atoms with Gasteiger partial charge in [-0.15, -0.1) is 0 Å². The number of ketones is 1. The normalized spacial score (nSPS) is 19.9. The van der Waals surface area contributed by atoms with Crippen LogP contribution in [0, 0.1) is 26.2 Å². The second-order valence-electron chi connectivity index (χ2n) is 12.1. The van der Waals surface area contributed by atoms with Crippen LogP contribution in [-0.2, 0) is 38.0 Å². The predicted molar refractivity (Wildman–Crippen MR) is 190 cm³/mol. The van der Waals surface area contributed by atoms with E-state index in [1.807, 2.05) is 20.8 Å². The van der Waals surface area contributed by atoms with E-state index in [1.165, 1.54) is 43.3 Å². The van der Waals surface area contributed by atoms with Crippen LogP contribution in [0.1, 0.15) is 67.5 Å². The molecule has 1 aliphatic heterocycles. The minimum Gasteiger partial charge on any atom is -0.463 e. The SMILES string of the molecule is CC(=O)CCC(=O)OC[C@H]1OC(OC(=N)C(Cl)(Cl)Cl)[C@H](OC(=O)c2ccc(C)cc2)[C@@H](OC(=O)c2ccc(C)cc2)[C@@H]1OC(=O)c1ccc(C)cc1. The molecular weight excluding hydrogens is 741 g/mol. The Balaban J connectivity index is 1.82. The lowest BCUT2D eigenvalue weighted by Crippen LogP contribution is -2.63. The first kappa shape index (κ1) is 40.3. The number of carbonyl (C=O) groups is 5. The van der Waals surface area contributed by atoms with Crippen molar-refractivity contribution in [3.05, 3.63) is 106 Å². The van der Waals surface area contributed by atoms with Gasteiger partial charge >= 0.3 is 23.9 Å². The molecule has 3 aromatic carbocycles. The molecule has 1 fully saturated rings. The molecule has 0 aliphatic carbocycles. The number of benzene rings is 3. The second kappa shape index (κ2) is 17.8. The zero-order valence-corrected chi connectivity index (χ0v) is 30.8. The minimum atomic E-state index is -2.42. The van der Waals surface area contributed by atoms with Crippen LogP contribution in [-0.4, -0.2) is 76.7 Å². The summed E-state index contributed by atoms with van der Waals surface area (Å²) in [7, 11) is 0. The van der Waals surface area contributed by atoms with E-state index in [9.17, 15) is 24.0 Å². The lowest BCUT2D eigenvalue weighted by atomic mass is 9.97. The van der Waals surface area contributed by atoms with Crippen LogP contribution < -0.4 is 0 Å². The van der Waals surface area contributed by atoms with E-state index in [2.05, 4.69) is 0 Å². The van der Waals surface area contributed by atoms with Crippen molar-refractivity contribution in [3.63, 3.8) is 0 Å². The van der Waals surface area contributed by atoms with Gasteiger partial charge < -0.3 is 33.2 Å². The van der Waals surface area contributed by atoms with E-state index in [-0.39, 0.29) is 35.3 Å². The molecule has 1 N–H and O–H groups in total. The Hall–Kier alpha value is -4.49. The summed E-state index contributed by atoms with van der Waals surface area (Å²) >= 11 is 17.8. The molecule has 52 heavy (non-hydrogen) atoms. The lowest BCUT2D eigenvalue weighted by Gasteiger charge is -2.44. The number of rotatable bonds is 12. The maximum absolute atomic E-state index is 13.7. The van der Waals surface area contributed by atoms with Crippen molar-refractivity contribution in [1.82, 2.24) is 0 Å². The summed E-state index contributed by atoms with van der Waals surface area (Å²) in [5.41, 5.74) is 2.83. The van der Waals surface area contributed by atoms with Gasteiger partial charge in [0.2, 0.25) is 18.3 Å². The van der Waals surface area contributed by atoms with Gasteiger partial charge in [0.15, 0.2) is 12.2 Å². The van der Waals surface area contributed by atoms with Crippen LogP contribution in [0.3, 0.4) is 0 Å². The molecule has 0 aromatic heterocycles. The maximum Gasteiger partial charge on any atom is 0.338 e. The van der Waals surface area contributed by atoms with Gasteiger partial charge in [0.25, 0.3) is 3.79 Å². The van der Waals surface area contributed by atoms with Gasteiger partial charge in [0.05, 0.1) is 23.1 Å². The summed E-state index contributed by atoms with van der Waals surface area (Å²) in [4.78, 5) is 65.0. The topological polar surface area (TPSA) is 165 Å². The van der Waals surface area contributed by atoms with Gasteiger partial charge in [-0.2, -0.15) is 0 Å². The number of alkyl halides is 3. The number of hydrogen-bond acceptors (Lipinski definition) is 12. The Morgan fingerprint density at radius 1 is 0.635 bits per heavy atom. The summed E-state index contributed by atoms with van der Waals surface area (Å²) < 4.78 is 32.4. The summed E-state index contributed by atoms with van der Waals surface area (Å²) in [5.74, 6) is -4.76. The molecule has 276 valence electrons. The first-order chi connectivity index (χ1) is 24.5. The smallest absolute Gasteiger partial charge is 0.338 e. The maximum atomic E-state index is 13.7. The third kappa shape index (κ3) is 11.3. The van der Waals surface area contributed by atoms with E-state index < -0.39 is 70.9 Å². The average molecular weight is 777 g/mol. The van der Waals surface area contributed by atoms with Crippen LogP contribution >= 0.6 is 34.8 Å². The quantitative estimate of drug-likeness (QED) is 0.0694. The van der Waals surface area contributed by atoms with Crippen molar-refractivity contribution < 1.29 is 52.4 Å². The Labute approximate surface area is 315 Å². The fraction of sp³-hybridized carbons (Fsp3) is 0.351. The number of halogens is 3. The first-order valence-electron chi connectivity index (χ1n) is 16.0. The monoisotopic (exact) mass is 775 g/mol. The molecule has 4 rings (SSSR count). The second-order valence-corrected chi connectivity index (χ2v) is 14.4. The van der Waals surface area contributed by atoms with Crippen molar-refractivity contribution in [2.24, 2.45) is 0 Å². The molecule has 0 radical (unpaired) electrons. The minimum absolute atomic E-state index is 0.0825. The molecule has 0 amide bonds.